The largest absolute Gasteiger partial charge is 0.481 e. The first-order chi connectivity index (χ1) is 10.5. The van der Waals surface area contributed by atoms with E-state index in [0.29, 0.717) is 6.42 Å². The molecule has 2 atom stereocenters. The van der Waals surface area contributed by atoms with Crippen molar-refractivity contribution in [3.63, 3.8) is 0 Å². The average Bonchev–Trinajstić information content (AvgIpc) is 2.74. The summed E-state index contributed by atoms with van der Waals surface area (Å²) in [5.74, 6) is -1.01. The molecular weight excluding hydrogens is 280 g/mol. The maximum absolute atomic E-state index is 11.9. The quantitative estimate of drug-likeness (QED) is 0.451. The van der Waals surface area contributed by atoms with E-state index in [4.69, 9.17) is 5.11 Å². The second-order valence-electron chi connectivity index (χ2n) is 6.04. The highest BCUT2D eigenvalue weighted by molar-refractivity contribution is 6.00. The molecule has 1 aliphatic rings. The van der Waals surface area contributed by atoms with E-state index < -0.39 is 11.6 Å². The second kappa shape index (κ2) is 9.57. The van der Waals surface area contributed by atoms with Gasteiger partial charge in [-0.1, -0.05) is 50.8 Å². The summed E-state index contributed by atoms with van der Waals surface area (Å²) in [7, 11) is 0. The van der Waals surface area contributed by atoms with Gasteiger partial charge < -0.3 is 10.2 Å². The maximum atomic E-state index is 11.9. The monoisotopic (exact) mass is 308 g/mol. The summed E-state index contributed by atoms with van der Waals surface area (Å²) in [6.07, 6.45) is 14.2. The van der Waals surface area contributed by atoms with Gasteiger partial charge in [0.2, 0.25) is 0 Å². The van der Waals surface area contributed by atoms with E-state index in [1.54, 1.807) is 0 Å². The summed E-state index contributed by atoms with van der Waals surface area (Å²) >= 11 is 0. The van der Waals surface area contributed by atoms with Gasteiger partial charge in [-0.15, -0.1) is 0 Å². The Morgan fingerprint density at radius 3 is 2.59 bits per heavy atom. The molecule has 4 nitrogen and oxygen atoms in total. The number of carbonyl (C=O) groups excluding carboxylic acids is 1. The van der Waals surface area contributed by atoms with Crippen LogP contribution in [0.1, 0.15) is 64.7 Å². The Labute approximate surface area is 132 Å². The minimum Gasteiger partial charge on any atom is -0.481 e. The molecule has 0 aromatic carbocycles. The van der Waals surface area contributed by atoms with E-state index in [2.05, 4.69) is 0 Å². The van der Waals surface area contributed by atoms with Crippen molar-refractivity contribution >= 4 is 11.8 Å². The predicted molar refractivity (Wildman–Crippen MR) is 86.6 cm³/mol. The van der Waals surface area contributed by atoms with Gasteiger partial charge >= 0.3 is 5.97 Å². The fourth-order valence-electron chi connectivity index (χ4n) is 2.88. The number of hydrogen-bond donors (Lipinski definition) is 2. The van der Waals surface area contributed by atoms with Crippen molar-refractivity contribution in [3.8, 4) is 0 Å². The molecule has 22 heavy (non-hydrogen) atoms. The first-order valence-corrected chi connectivity index (χ1v) is 8.32. The zero-order valence-electron chi connectivity index (χ0n) is 13.5. The first kappa shape index (κ1) is 18.6. The molecule has 0 heterocycles. The molecule has 1 rings (SSSR count). The van der Waals surface area contributed by atoms with Crippen LogP contribution in [-0.2, 0) is 9.59 Å². The normalized spacial score (nSPS) is 24.5. The smallest absolute Gasteiger partial charge is 0.303 e. The summed E-state index contributed by atoms with van der Waals surface area (Å²) < 4.78 is 0. The number of unbranched alkanes of at least 4 members (excludes halogenated alkanes) is 4. The Morgan fingerprint density at radius 2 is 1.91 bits per heavy atom. The highest BCUT2D eigenvalue weighted by atomic mass is 16.4. The van der Waals surface area contributed by atoms with Crippen LogP contribution in [0.4, 0.5) is 0 Å². The summed E-state index contributed by atoms with van der Waals surface area (Å²) in [6, 6.07) is 0. The number of aliphatic hydroxyl groups is 1. The van der Waals surface area contributed by atoms with Gasteiger partial charge in [0.15, 0.2) is 5.78 Å². The van der Waals surface area contributed by atoms with E-state index in [1.807, 2.05) is 25.2 Å². The summed E-state index contributed by atoms with van der Waals surface area (Å²) in [6.45, 7) is 2.02. The van der Waals surface area contributed by atoms with Crippen LogP contribution < -0.4 is 0 Å². The number of carboxylic acid groups (broad SMARTS) is 1. The third-order valence-corrected chi connectivity index (χ3v) is 4.26. The molecule has 2 N–H and O–H groups in total. The van der Waals surface area contributed by atoms with Crippen molar-refractivity contribution in [2.24, 2.45) is 5.92 Å². The average molecular weight is 308 g/mol. The van der Waals surface area contributed by atoms with Gasteiger partial charge in [-0.25, -0.2) is 0 Å². The first-order valence-electron chi connectivity index (χ1n) is 8.32. The fourth-order valence-corrected chi connectivity index (χ4v) is 2.88. The molecule has 0 aromatic heterocycles. The number of carbonyl (C=O) groups is 2. The SMILES string of the molecule is CC/C=C\CC1(O)C(=O)C=CC1CCCCCCCC(=O)O. The van der Waals surface area contributed by atoms with Gasteiger partial charge in [0, 0.05) is 18.8 Å². The Bertz CT molecular complexity index is 425. The molecule has 0 radical (unpaired) electrons. The molecule has 0 fully saturated rings. The lowest BCUT2D eigenvalue weighted by Crippen LogP contribution is -2.40. The number of aliphatic carboxylic acids is 1. The molecule has 0 aliphatic heterocycles. The number of hydrogen-bond acceptors (Lipinski definition) is 3. The Kier molecular flexibility index (Phi) is 8.10. The number of carboxylic acids is 1. The molecule has 0 aromatic rings. The fraction of sp³-hybridized carbons (Fsp3) is 0.667. The predicted octanol–water partition coefficient (Wildman–Crippen LogP) is 3.64. The van der Waals surface area contributed by atoms with Crippen LogP contribution in [0.3, 0.4) is 0 Å². The molecule has 124 valence electrons. The molecule has 4 heteroatoms. The van der Waals surface area contributed by atoms with Gasteiger partial charge in [0.05, 0.1) is 0 Å². The van der Waals surface area contributed by atoms with Crippen LogP contribution in [0, 0.1) is 5.92 Å². The lowest BCUT2D eigenvalue weighted by atomic mass is 9.82. The molecule has 0 saturated carbocycles. The molecule has 0 bridgehead atoms. The highest BCUT2D eigenvalue weighted by Crippen LogP contribution is 2.34. The van der Waals surface area contributed by atoms with Crippen LogP contribution >= 0.6 is 0 Å². The van der Waals surface area contributed by atoms with E-state index in [-0.39, 0.29) is 18.1 Å². The van der Waals surface area contributed by atoms with Gasteiger partial charge in [0.25, 0.3) is 0 Å². The Balaban J connectivity index is 2.28. The van der Waals surface area contributed by atoms with E-state index in [9.17, 15) is 14.7 Å². The standard InChI is InChI=1S/C18H28O4/c1-2-3-9-14-18(22)15(12-13-16(18)19)10-7-5-4-6-8-11-17(20)21/h3,9,12-13,15,22H,2,4-8,10-11,14H2,1H3,(H,20,21)/b9-3-. The summed E-state index contributed by atoms with van der Waals surface area (Å²) in [5, 5.41) is 19.2. The summed E-state index contributed by atoms with van der Waals surface area (Å²) in [5.41, 5.74) is -1.25. The zero-order chi connectivity index (χ0) is 16.4. The molecule has 0 saturated heterocycles. The Morgan fingerprint density at radius 1 is 1.23 bits per heavy atom. The zero-order valence-corrected chi connectivity index (χ0v) is 13.5. The van der Waals surface area contributed by atoms with Crippen molar-refractivity contribution < 1.29 is 19.8 Å². The molecule has 0 spiro atoms. The van der Waals surface area contributed by atoms with Crippen LogP contribution in [0.15, 0.2) is 24.3 Å². The minimum atomic E-state index is -1.25. The third-order valence-electron chi connectivity index (χ3n) is 4.26. The Hall–Kier alpha value is -1.42. The molecule has 0 amide bonds. The molecule has 2 unspecified atom stereocenters. The minimum absolute atomic E-state index is 0.0967. The highest BCUT2D eigenvalue weighted by Gasteiger charge is 2.43. The van der Waals surface area contributed by atoms with Crippen LogP contribution in [0.25, 0.3) is 0 Å². The van der Waals surface area contributed by atoms with Crippen molar-refractivity contribution in [2.75, 3.05) is 0 Å². The lowest BCUT2D eigenvalue weighted by molar-refractivity contribution is -0.137. The van der Waals surface area contributed by atoms with E-state index >= 15 is 0 Å². The lowest BCUT2D eigenvalue weighted by Gasteiger charge is -2.27. The van der Waals surface area contributed by atoms with Gasteiger partial charge in [-0.2, -0.15) is 0 Å². The summed E-state index contributed by atoms with van der Waals surface area (Å²) in [4.78, 5) is 22.3. The maximum Gasteiger partial charge on any atom is 0.303 e. The number of allylic oxidation sites excluding steroid dienone is 1. The van der Waals surface area contributed by atoms with Gasteiger partial charge in [-0.3, -0.25) is 9.59 Å². The van der Waals surface area contributed by atoms with Crippen molar-refractivity contribution in [3.05, 3.63) is 24.3 Å². The number of rotatable bonds is 11. The second-order valence-corrected chi connectivity index (χ2v) is 6.04. The van der Waals surface area contributed by atoms with E-state index in [1.165, 1.54) is 6.08 Å². The van der Waals surface area contributed by atoms with Crippen LogP contribution in [-0.4, -0.2) is 27.6 Å². The number of ketones is 1. The van der Waals surface area contributed by atoms with Crippen molar-refractivity contribution in [2.45, 2.75) is 70.3 Å². The topological polar surface area (TPSA) is 74.6 Å². The van der Waals surface area contributed by atoms with Gasteiger partial charge in [-0.05, 0) is 25.3 Å². The van der Waals surface area contributed by atoms with E-state index in [0.717, 1.165) is 44.9 Å². The van der Waals surface area contributed by atoms with Crippen LogP contribution in [0.5, 0.6) is 0 Å². The van der Waals surface area contributed by atoms with Crippen LogP contribution in [0.2, 0.25) is 0 Å². The van der Waals surface area contributed by atoms with Crippen molar-refractivity contribution in [1.29, 1.82) is 0 Å². The third kappa shape index (κ3) is 5.76. The molecule has 1 aliphatic carbocycles. The molecular formula is C18H28O4. The van der Waals surface area contributed by atoms with Crippen molar-refractivity contribution in [1.82, 2.24) is 0 Å². The van der Waals surface area contributed by atoms with Gasteiger partial charge in [0.1, 0.15) is 5.60 Å².